The molecule has 2 aromatic carbocycles. The van der Waals surface area contributed by atoms with Gasteiger partial charge in [0.15, 0.2) is 0 Å². The summed E-state index contributed by atoms with van der Waals surface area (Å²) >= 11 is 6.22. The molecule has 1 unspecified atom stereocenters. The lowest BCUT2D eigenvalue weighted by atomic mass is 10.0. The molecule has 0 spiro atoms. The van der Waals surface area contributed by atoms with Crippen LogP contribution in [0, 0.1) is 13.8 Å². The van der Waals surface area contributed by atoms with Gasteiger partial charge in [0, 0.05) is 17.6 Å². The average Bonchev–Trinajstić information content (AvgIpc) is 2.40. The Morgan fingerprint density at radius 3 is 2.53 bits per heavy atom. The van der Waals surface area contributed by atoms with Gasteiger partial charge in [0.2, 0.25) is 0 Å². The molecule has 0 saturated heterocycles. The third-order valence-electron chi connectivity index (χ3n) is 3.69. The van der Waals surface area contributed by atoms with Gasteiger partial charge in [0.1, 0.15) is 0 Å². The maximum atomic E-state index is 6.22. The fraction of sp³-hybridized carbons (Fsp3) is 0.294. The Balaban J connectivity index is 2.07. The van der Waals surface area contributed by atoms with E-state index in [1.54, 1.807) is 0 Å². The zero-order chi connectivity index (χ0) is 13.8. The van der Waals surface area contributed by atoms with Crippen molar-refractivity contribution >= 4 is 11.6 Å². The highest BCUT2D eigenvalue weighted by Crippen LogP contribution is 2.23. The molecule has 1 N–H and O–H groups in total. The highest BCUT2D eigenvalue weighted by Gasteiger charge is 2.09. The van der Waals surface area contributed by atoms with Crippen LogP contribution in [-0.2, 0) is 6.54 Å². The van der Waals surface area contributed by atoms with Crippen LogP contribution < -0.4 is 5.32 Å². The second kappa shape index (κ2) is 6.23. The molecule has 100 valence electrons. The summed E-state index contributed by atoms with van der Waals surface area (Å²) in [6.07, 6.45) is 0. The average molecular weight is 274 g/mol. The Morgan fingerprint density at radius 2 is 1.79 bits per heavy atom. The molecule has 1 atom stereocenters. The summed E-state index contributed by atoms with van der Waals surface area (Å²) in [6.45, 7) is 7.33. The van der Waals surface area contributed by atoms with E-state index in [9.17, 15) is 0 Å². The summed E-state index contributed by atoms with van der Waals surface area (Å²) < 4.78 is 0. The van der Waals surface area contributed by atoms with E-state index in [0.717, 1.165) is 17.1 Å². The van der Waals surface area contributed by atoms with E-state index in [2.05, 4.69) is 50.4 Å². The van der Waals surface area contributed by atoms with Crippen LogP contribution >= 0.6 is 11.6 Å². The van der Waals surface area contributed by atoms with Gasteiger partial charge in [-0.1, -0.05) is 48.0 Å². The SMILES string of the molecule is Cc1cccc(CNC(C)c2ccccc2Cl)c1C. The van der Waals surface area contributed by atoms with Crippen molar-refractivity contribution in [1.29, 1.82) is 0 Å². The first kappa shape index (κ1) is 14.1. The van der Waals surface area contributed by atoms with E-state index in [-0.39, 0.29) is 6.04 Å². The summed E-state index contributed by atoms with van der Waals surface area (Å²) in [6, 6.07) is 14.7. The van der Waals surface area contributed by atoms with E-state index in [1.807, 2.05) is 18.2 Å². The van der Waals surface area contributed by atoms with Gasteiger partial charge in [-0.3, -0.25) is 0 Å². The molecule has 0 aliphatic rings. The van der Waals surface area contributed by atoms with Crippen LogP contribution in [0.3, 0.4) is 0 Å². The summed E-state index contributed by atoms with van der Waals surface area (Å²) in [5.74, 6) is 0. The molecule has 2 heteroatoms. The Morgan fingerprint density at radius 1 is 1.05 bits per heavy atom. The minimum atomic E-state index is 0.244. The number of hydrogen-bond acceptors (Lipinski definition) is 1. The van der Waals surface area contributed by atoms with Crippen molar-refractivity contribution in [3.05, 3.63) is 69.7 Å². The first-order valence-electron chi connectivity index (χ1n) is 6.62. The van der Waals surface area contributed by atoms with Crippen molar-refractivity contribution in [3.8, 4) is 0 Å². The van der Waals surface area contributed by atoms with Crippen LogP contribution in [-0.4, -0.2) is 0 Å². The van der Waals surface area contributed by atoms with Gasteiger partial charge < -0.3 is 5.32 Å². The molecule has 0 aliphatic heterocycles. The zero-order valence-electron chi connectivity index (χ0n) is 11.7. The molecule has 0 aliphatic carbocycles. The summed E-state index contributed by atoms with van der Waals surface area (Å²) in [4.78, 5) is 0. The van der Waals surface area contributed by atoms with Gasteiger partial charge >= 0.3 is 0 Å². The van der Waals surface area contributed by atoms with Crippen LogP contribution in [0.1, 0.15) is 35.2 Å². The molecule has 0 saturated carbocycles. The molecule has 1 nitrogen and oxygen atoms in total. The monoisotopic (exact) mass is 273 g/mol. The number of rotatable bonds is 4. The third kappa shape index (κ3) is 3.37. The Hall–Kier alpha value is -1.31. The fourth-order valence-corrected chi connectivity index (χ4v) is 2.50. The highest BCUT2D eigenvalue weighted by molar-refractivity contribution is 6.31. The minimum absolute atomic E-state index is 0.244. The Bertz CT molecular complexity index is 563. The lowest BCUT2D eigenvalue weighted by Gasteiger charge is -2.17. The fourth-order valence-electron chi connectivity index (χ4n) is 2.20. The Kier molecular flexibility index (Phi) is 4.62. The van der Waals surface area contributed by atoms with Gasteiger partial charge in [0.05, 0.1) is 0 Å². The first-order valence-corrected chi connectivity index (χ1v) is 7.00. The first-order chi connectivity index (χ1) is 9.09. The molecule has 0 radical (unpaired) electrons. The standard InChI is InChI=1S/C17H20ClN/c1-12-7-6-8-15(13(12)2)11-19-14(3)16-9-4-5-10-17(16)18/h4-10,14,19H,11H2,1-3H3. The third-order valence-corrected chi connectivity index (χ3v) is 4.03. The molecule has 2 rings (SSSR count). The predicted molar refractivity (Wildman–Crippen MR) is 82.6 cm³/mol. The molecule has 0 aromatic heterocycles. The normalized spacial score (nSPS) is 12.4. The van der Waals surface area contributed by atoms with Crippen LogP contribution in [0.5, 0.6) is 0 Å². The van der Waals surface area contributed by atoms with Crippen LogP contribution in [0.4, 0.5) is 0 Å². The van der Waals surface area contributed by atoms with Gasteiger partial charge in [0.25, 0.3) is 0 Å². The van der Waals surface area contributed by atoms with Crippen molar-refractivity contribution in [2.75, 3.05) is 0 Å². The molecule has 0 fully saturated rings. The van der Waals surface area contributed by atoms with E-state index >= 15 is 0 Å². The lowest BCUT2D eigenvalue weighted by molar-refractivity contribution is 0.573. The molecular formula is C17H20ClN. The van der Waals surface area contributed by atoms with Crippen molar-refractivity contribution in [2.24, 2.45) is 0 Å². The van der Waals surface area contributed by atoms with Crippen molar-refractivity contribution < 1.29 is 0 Å². The molecule has 19 heavy (non-hydrogen) atoms. The van der Waals surface area contributed by atoms with E-state index in [0.29, 0.717) is 0 Å². The minimum Gasteiger partial charge on any atom is -0.306 e. The molecular weight excluding hydrogens is 254 g/mol. The number of benzene rings is 2. The van der Waals surface area contributed by atoms with E-state index in [1.165, 1.54) is 16.7 Å². The van der Waals surface area contributed by atoms with Crippen molar-refractivity contribution in [2.45, 2.75) is 33.4 Å². The number of nitrogens with one attached hydrogen (secondary N) is 1. The van der Waals surface area contributed by atoms with Crippen LogP contribution in [0.25, 0.3) is 0 Å². The molecule has 0 bridgehead atoms. The maximum absolute atomic E-state index is 6.22. The maximum Gasteiger partial charge on any atom is 0.0453 e. The molecule has 0 heterocycles. The van der Waals surface area contributed by atoms with Gasteiger partial charge in [-0.25, -0.2) is 0 Å². The summed E-state index contributed by atoms with van der Waals surface area (Å²) in [5, 5.41) is 4.36. The van der Waals surface area contributed by atoms with Gasteiger partial charge in [-0.2, -0.15) is 0 Å². The van der Waals surface area contributed by atoms with Gasteiger partial charge in [-0.15, -0.1) is 0 Å². The highest BCUT2D eigenvalue weighted by atomic mass is 35.5. The quantitative estimate of drug-likeness (QED) is 0.843. The number of hydrogen-bond donors (Lipinski definition) is 1. The predicted octanol–water partition coefficient (Wildman–Crippen LogP) is 4.81. The second-order valence-corrected chi connectivity index (χ2v) is 5.39. The second-order valence-electron chi connectivity index (χ2n) is 4.98. The summed E-state index contributed by atoms with van der Waals surface area (Å²) in [5.41, 5.74) is 5.19. The molecule has 0 amide bonds. The largest absolute Gasteiger partial charge is 0.306 e. The number of halogens is 1. The summed E-state index contributed by atoms with van der Waals surface area (Å²) in [7, 11) is 0. The topological polar surface area (TPSA) is 12.0 Å². The van der Waals surface area contributed by atoms with E-state index < -0.39 is 0 Å². The lowest BCUT2D eigenvalue weighted by Crippen LogP contribution is -2.19. The van der Waals surface area contributed by atoms with Gasteiger partial charge in [-0.05, 0) is 49.1 Å². The smallest absolute Gasteiger partial charge is 0.0453 e. The number of aryl methyl sites for hydroxylation is 1. The Labute approximate surface area is 120 Å². The zero-order valence-corrected chi connectivity index (χ0v) is 12.5. The van der Waals surface area contributed by atoms with E-state index in [4.69, 9.17) is 11.6 Å². The van der Waals surface area contributed by atoms with Crippen LogP contribution in [0.2, 0.25) is 5.02 Å². The van der Waals surface area contributed by atoms with Crippen molar-refractivity contribution in [1.82, 2.24) is 5.32 Å². The van der Waals surface area contributed by atoms with Crippen LogP contribution in [0.15, 0.2) is 42.5 Å². The molecule has 2 aromatic rings. The van der Waals surface area contributed by atoms with Crippen molar-refractivity contribution in [3.63, 3.8) is 0 Å².